The van der Waals surface area contributed by atoms with E-state index < -0.39 is 0 Å². The second-order valence-electron chi connectivity index (χ2n) is 5.61. The van der Waals surface area contributed by atoms with Gasteiger partial charge in [-0.1, -0.05) is 60.3 Å². The van der Waals surface area contributed by atoms with E-state index in [1.807, 2.05) is 42.6 Å². The predicted octanol–water partition coefficient (Wildman–Crippen LogP) is 5.03. The van der Waals surface area contributed by atoms with Gasteiger partial charge >= 0.3 is 0 Å². The van der Waals surface area contributed by atoms with E-state index in [0.717, 1.165) is 28.3 Å². The van der Waals surface area contributed by atoms with E-state index in [2.05, 4.69) is 46.4 Å². The Balaban J connectivity index is 1.64. The van der Waals surface area contributed by atoms with Crippen molar-refractivity contribution in [3.8, 4) is 0 Å². The molecule has 3 nitrogen and oxygen atoms in total. The van der Waals surface area contributed by atoms with E-state index in [0.29, 0.717) is 0 Å². The minimum absolute atomic E-state index is 0.217. The Morgan fingerprint density at radius 3 is 2.46 bits per heavy atom. The molecule has 0 aliphatic rings. The van der Waals surface area contributed by atoms with Crippen molar-refractivity contribution in [3.63, 3.8) is 0 Å². The van der Waals surface area contributed by atoms with E-state index in [4.69, 9.17) is 4.98 Å². The van der Waals surface area contributed by atoms with Crippen molar-refractivity contribution in [1.29, 1.82) is 0 Å². The standard InChI is InChI=1S/C20H17N3S/c1-2-8-15(9-3-1)14-19(18-12-6-7-13-21-18)24-20-22-16-10-4-5-11-17(16)23-20/h1-13,19H,14H2,(H,22,23). The van der Waals surface area contributed by atoms with Crippen LogP contribution >= 0.6 is 11.8 Å². The Morgan fingerprint density at radius 2 is 1.67 bits per heavy atom. The van der Waals surface area contributed by atoms with Crippen LogP contribution in [0, 0.1) is 0 Å². The zero-order valence-electron chi connectivity index (χ0n) is 13.1. The third-order valence-corrected chi connectivity index (χ3v) is 5.01. The van der Waals surface area contributed by atoms with E-state index >= 15 is 0 Å². The van der Waals surface area contributed by atoms with Gasteiger partial charge in [0.1, 0.15) is 0 Å². The van der Waals surface area contributed by atoms with Gasteiger partial charge in [-0.2, -0.15) is 0 Å². The summed E-state index contributed by atoms with van der Waals surface area (Å²) >= 11 is 1.73. The fraction of sp³-hybridized carbons (Fsp3) is 0.100. The molecule has 0 amide bonds. The average Bonchev–Trinajstić information content (AvgIpc) is 3.05. The maximum atomic E-state index is 4.70. The van der Waals surface area contributed by atoms with Crippen LogP contribution in [0.1, 0.15) is 16.5 Å². The summed E-state index contributed by atoms with van der Waals surface area (Å²) in [5, 5.41) is 1.15. The summed E-state index contributed by atoms with van der Waals surface area (Å²) in [4.78, 5) is 12.7. The number of hydrogen-bond acceptors (Lipinski definition) is 3. The monoisotopic (exact) mass is 331 g/mol. The number of pyridine rings is 1. The lowest BCUT2D eigenvalue weighted by Crippen LogP contribution is -2.02. The fourth-order valence-corrected chi connectivity index (χ4v) is 3.85. The molecule has 1 unspecified atom stereocenters. The number of para-hydroxylation sites is 2. The number of aromatic amines is 1. The van der Waals surface area contributed by atoms with E-state index in [1.165, 1.54) is 5.56 Å². The van der Waals surface area contributed by atoms with Gasteiger partial charge in [0.2, 0.25) is 0 Å². The molecule has 0 radical (unpaired) electrons. The summed E-state index contributed by atoms with van der Waals surface area (Å²) in [6.45, 7) is 0. The van der Waals surface area contributed by atoms with Crippen LogP contribution in [0.3, 0.4) is 0 Å². The van der Waals surface area contributed by atoms with Crippen LogP contribution in [0.5, 0.6) is 0 Å². The van der Waals surface area contributed by atoms with Gasteiger partial charge in [-0.3, -0.25) is 4.98 Å². The number of benzene rings is 2. The molecule has 0 saturated heterocycles. The van der Waals surface area contributed by atoms with Gasteiger partial charge in [-0.15, -0.1) is 0 Å². The highest BCUT2D eigenvalue weighted by molar-refractivity contribution is 7.99. The molecule has 4 aromatic rings. The number of thioether (sulfide) groups is 1. The van der Waals surface area contributed by atoms with Gasteiger partial charge in [0.15, 0.2) is 5.16 Å². The van der Waals surface area contributed by atoms with E-state index in [1.54, 1.807) is 11.8 Å². The number of imidazole rings is 1. The van der Waals surface area contributed by atoms with Gasteiger partial charge in [-0.25, -0.2) is 4.98 Å². The molecule has 0 spiro atoms. The largest absolute Gasteiger partial charge is 0.333 e. The molecule has 1 N–H and O–H groups in total. The normalized spacial score (nSPS) is 12.3. The van der Waals surface area contributed by atoms with Crippen LogP contribution < -0.4 is 0 Å². The van der Waals surface area contributed by atoms with Crippen LogP contribution in [0.15, 0.2) is 84.1 Å². The molecule has 2 heterocycles. The average molecular weight is 331 g/mol. The number of nitrogens with one attached hydrogen (secondary N) is 1. The van der Waals surface area contributed by atoms with Gasteiger partial charge in [-0.05, 0) is 36.2 Å². The zero-order valence-corrected chi connectivity index (χ0v) is 13.9. The summed E-state index contributed by atoms with van der Waals surface area (Å²) in [5.41, 5.74) is 4.45. The molecular weight excluding hydrogens is 314 g/mol. The summed E-state index contributed by atoms with van der Waals surface area (Å²) < 4.78 is 0. The molecule has 0 aliphatic heterocycles. The molecule has 0 fully saturated rings. The van der Waals surface area contributed by atoms with Crippen molar-refractivity contribution in [2.45, 2.75) is 16.8 Å². The first-order valence-corrected chi connectivity index (χ1v) is 8.83. The molecule has 0 saturated carbocycles. The lowest BCUT2D eigenvalue weighted by Gasteiger charge is -2.14. The van der Waals surface area contributed by atoms with Crippen molar-refractivity contribution < 1.29 is 0 Å². The highest BCUT2D eigenvalue weighted by Crippen LogP contribution is 2.36. The highest BCUT2D eigenvalue weighted by Gasteiger charge is 2.17. The Labute approximate surface area is 145 Å². The van der Waals surface area contributed by atoms with Crippen LogP contribution in [-0.2, 0) is 6.42 Å². The maximum Gasteiger partial charge on any atom is 0.167 e. The lowest BCUT2D eigenvalue weighted by atomic mass is 10.1. The van der Waals surface area contributed by atoms with Crippen LogP contribution in [-0.4, -0.2) is 15.0 Å². The Morgan fingerprint density at radius 1 is 0.875 bits per heavy atom. The summed E-state index contributed by atoms with van der Waals surface area (Å²) in [7, 11) is 0. The Kier molecular flexibility index (Phi) is 4.30. The minimum Gasteiger partial charge on any atom is -0.333 e. The molecule has 1 atom stereocenters. The molecular formula is C20H17N3S. The smallest absolute Gasteiger partial charge is 0.167 e. The zero-order chi connectivity index (χ0) is 16.2. The molecule has 0 aliphatic carbocycles. The predicted molar refractivity (Wildman–Crippen MR) is 99.1 cm³/mol. The number of fused-ring (bicyclic) bond motifs is 1. The quantitative estimate of drug-likeness (QED) is 0.521. The number of H-pyrrole nitrogens is 1. The molecule has 4 heteroatoms. The van der Waals surface area contributed by atoms with Crippen LogP contribution in [0.4, 0.5) is 0 Å². The van der Waals surface area contributed by atoms with E-state index in [9.17, 15) is 0 Å². The lowest BCUT2D eigenvalue weighted by molar-refractivity contribution is 0.880. The van der Waals surface area contributed by atoms with Crippen molar-refractivity contribution in [2.75, 3.05) is 0 Å². The van der Waals surface area contributed by atoms with Crippen molar-refractivity contribution in [3.05, 3.63) is 90.3 Å². The Bertz CT molecular complexity index is 886. The van der Waals surface area contributed by atoms with Crippen molar-refractivity contribution >= 4 is 22.8 Å². The van der Waals surface area contributed by atoms with Crippen LogP contribution in [0.25, 0.3) is 11.0 Å². The molecule has 0 bridgehead atoms. The van der Waals surface area contributed by atoms with Gasteiger partial charge < -0.3 is 4.98 Å². The molecule has 4 rings (SSSR count). The van der Waals surface area contributed by atoms with Gasteiger partial charge in [0.25, 0.3) is 0 Å². The molecule has 118 valence electrons. The van der Waals surface area contributed by atoms with Crippen molar-refractivity contribution in [2.24, 2.45) is 0 Å². The first-order valence-electron chi connectivity index (χ1n) is 7.95. The summed E-state index contributed by atoms with van der Waals surface area (Å²) in [5.74, 6) is 0. The minimum atomic E-state index is 0.217. The second kappa shape index (κ2) is 6.89. The third-order valence-electron chi connectivity index (χ3n) is 3.90. The SMILES string of the molecule is c1ccc(CC(Sc2nc3ccccc3[nH]2)c2ccccn2)cc1. The van der Waals surface area contributed by atoms with E-state index in [-0.39, 0.29) is 5.25 Å². The van der Waals surface area contributed by atoms with Crippen LogP contribution in [0.2, 0.25) is 0 Å². The number of rotatable bonds is 5. The van der Waals surface area contributed by atoms with Gasteiger partial charge in [0, 0.05) is 6.20 Å². The number of aromatic nitrogens is 3. The molecule has 2 aromatic heterocycles. The summed E-state index contributed by atoms with van der Waals surface area (Å²) in [6, 6.07) is 24.7. The fourth-order valence-electron chi connectivity index (χ4n) is 2.72. The maximum absolute atomic E-state index is 4.70. The molecule has 24 heavy (non-hydrogen) atoms. The third kappa shape index (κ3) is 3.34. The number of hydrogen-bond donors (Lipinski definition) is 1. The highest BCUT2D eigenvalue weighted by atomic mass is 32.2. The molecule has 2 aromatic carbocycles. The van der Waals surface area contributed by atoms with Gasteiger partial charge in [0.05, 0.1) is 22.0 Å². The topological polar surface area (TPSA) is 41.6 Å². The Hall–Kier alpha value is -2.59. The second-order valence-corrected chi connectivity index (χ2v) is 6.80. The first-order chi connectivity index (χ1) is 11.9. The first kappa shape index (κ1) is 15.0. The number of nitrogens with zero attached hydrogens (tertiary/aromatic N) is 2. The summed E-state index contributed by atoms with van der Waals surface area (Å²) in [6.07, 6.45) is 2.77. The van der Waals surface area contributed by atoms with Crippen molar-refractivity contribution in [1.82, 2.24) is 15.0 Å².